The molecule has 0 bridgehead atoms. The molecule has 0 amide bonds. The van der Waals surface area contributed by atoms with E-state index in [-0.39, 0.29) is 19.4 Å². The van der Waals surface area contributed by atoms with Crippen molar-refractivity contribution < 1.29 is 23.9 Å². The fourth-order valence-electron chi connectivity index (χ4n) is 2.19. The van der Waals surface area contributed by atoms with Crippen LogP contribution in [0.1, 0.15) is 25.3 Å². The lowest BCUT2D eigenvalue weighted by atomic mass is 9.93. The van der Waals surface area contributed by atoms with Gasteiger partial charge in [0.2, 0.25) is 0 Å². The highest BCUT2D eigenvalue weighted by atomic mass is 16.5. The minimum atomic E-state index is -0.413. The van der Waals surface area contributed by atoms with Crippen molar-refractivity contribution in [2.45, 2.75) is 26.2 Å². The van der Waals surface area contributed by atoms with Gasteiger partial charge < -0.3 is 14.3 Å². The van der Waals surface area contributed by atoms with Gasteiger partial charge in [0.25, 0.3) is 0 Å². The van der Waals surface area contributed by atoms with Gasteiger partial charge in [-0.1, -0.05) is 18.2 Å². The number of benzene rings is 1. The first kappa shape index (κ1) is 18.6. The zero-order chi connectivity index (χ0) is 17.1. The van der Waals surface area contributed by atoms with E-state index >= 15 is 0 Å². The molecule has 0 saturated carbocycles. The van der Waals surface area contributed by atoms with E-state index in [1.54, 1.807) is 20.1 Å². The van der Waals surface area contributed by atoms with E-state index in [9.17, 15) is 14.4 Å². The van der Waals surface area contributed by atoms with Crippen LogP contribution in [0.25, 0.3) is 0 Å². The molecule has 0 fully saturated rings. The molecule has 1 rings (SSSR count). The van der Waals surface area contributed by atoms with Crippen molar-refractivity contribution >= 4 is 18.5 Å². The van der Waals surface area contributed by atoms with Gasteiger partial charge in [-0.25, -0.2) is 0 Å². The normalized spacial score (nSPS) is 12.3. The lowest BCUT2D eigenvalue weighted by Gasteiger charge is -2.13. The highest BCUT2D eigenvalue weighted by Crippen LogP contribution is 2.18. The van der Waals surface area contributed by atoms with Crippen molar-refractivity contribution in [2.24, 2.45) is 5.92 Å². The summed E-state index contributed by atoms with van der Waals surface area (Å²) < 4.78 is 10.3. The fraction of sp³-hybridized carbons (Fsp3) is 0.389. The minimum Gasteiger partial charge on any atom is -0.497 e. The largest absolute Gasteiger partial charge is 0.497 e. The maximum atomic E-state index is 11.9. The van der Waals surface area contributed by atoms with Crippen LogP contribution >= 0.6 is 0 Å². The summed E-state index contributed by atoms with van der Waals surface area (Å²) in [7, 11) is 1.60. The molecule has 1 aromatic rings. The molecule has 0 aliphatic carbocycles. The Labute approximate surface area is 136 Å². The lowest BCUT2D eigenvalue weighted by molar-refractivity contribution is -0.144. The SMILES string of the molecule is C/C=C(/C=O)[C@H](CC=O)CC(=O)OCCc1ccc(OC)cc1. The number of carbonyl (C=O) groups excluding carboxylic acids is 3. The number of allylic oxidation sites excluding steroid dienone is 2. The molecular weight excluding hydrogens is 296 g/mol. The summed E-state index contributed by atoms with van der Waals surface area (Å²) in [6.45, 7) is 1.96. The summed E-state index contributed by atoms with van der Waals surface area (Å²) in [5, 5.41) is 0. The molecule has 1 atom stereocenters. The van der Waals surface area contributed by atoms with Crippen LogP contribution in [0.15, 0.2) is 35.9 Å². The van der Waals surface area contributed by atoms with Gasteiger partial charge in [-0.3, -0.25) is 9.59 Å². The summed E-state index contributed by atoms with van der Waals surface area (Å²) in [5.41, 5.74) is 1.48. The molecule has 0 spiro atoms. The first-order valence-corrected chi connectivity index (χ1v) is 7.48. The first-order chi connectivity index (χ1) is 11.1. The van der Waals surface area contributed by atoms with Gasteiger partial charge in [0.1, 0.15) is 18.3 Å². The molecular formula is C18H22O5. The molecule has 5 nitrogen and oxygen atoms in total. The van der Waals surface area contributed by atoms with Gasteiger partial charge in [-0.15, -0.1) is 0 Å². The van der Waals surface area contributed by atoms with Crippen LogP contribution in [0, 0.1) is 5.92 Å². The smallest absolute Gasteiger partial charge is 0.306 e. The second-order valence-electron chi connectivity index (χ2n) is 5.03. The predicted octanol–water partition coefficient (Wildman–Crippen LogP) is 2.52. The van der Waals surface area contributed by atoms with E-state index in [4.69, 9.17) is 9.47 Å². The highest BCUT2D eigenvalue weighted by molar-refractivity contribution is 5.78. The molecule has 5 heteroatoms. The lowest BCUT2D eigenvalue weighted by Crippen LogP contribution is -2.16. The third-order valence-electron chi connectivity index (χ3n) is 3.55. The number of carbonyl (C=O) groups is 3. The Bertz CT molecular complexity index is 545. The van der Waals surface area contributed by atoms with Crippen molar-refractivity contribution in [3.05, 3.63) is 41.5 Å². The van der Waals surface area contributed by atoms with Gasteiger partial charge in [0.15, 0.2) is 0 Å². The Hall–Kier alpha value is -2.43. The van der Waals surface area contributed by atoms with Crippen molar-refractivity contribution in [1.82, 2.24) is 0 Å². The second-order valence-corrected chi connectivity index (χ2v) is 5.03. The van der Waals surface area contributed by atoms with E-state index in [2.05, 4.69) is 0 Å². The molecule has 0 radical (unpaired) electrons. The second kappa shape index (κ2) is 10.3. The van der Waals surface area contributed by atoms with Crippen LogP contribution in [-0.4, -0.2) is 32.3 Å². The minimum absolute atomic E-state index is 0.0275. The number of ether oxygens (including phenoxy) is 2. The standard InChI is InChI=1S/C18H22O5/c1-3-15(13-20)16(8-10-19)12-18(21)23-11-9-14-4-6-17(22-2)7-5-14/h3-7,10,13,16H,8-9,11-12H2,1-2H3/b15-3-/t16-/m1/s1. The molecule has 0 unspecified atom stereocenters. The topological polar surface area (TPSA) is 69.7 Å². The summed E-state index contributed by atoms with van der Waals surface area (Å²) in [6, 6.07) is 7.51. The molecule has 1 aromatic carbocycles. The molecule has 0 saturated heterocycles. The van der Waals surface area contributed by atoms with Crippen molar-refractivity contribution in [1.29, 1.82) is 0 Å². The molecule has 23 heavy (non-hydrogen) atoms. The van der Waals surface area contributed by atoms with Gasteiger partial charge in [-0.2, -0.15) is 0 Å². The van der Waals surface area contributed by atoms with Gasteiger partial charge >= 0.3 is 5.97 Å². The predicted molar refractivity (Wildman–Crippen MR) is 86.3 cm³/mol. The Kier molecular flexibility index (Phi) is 8.36. The van der Waals surface area contributed by atoms with Crippen molar-refractivity contribution in [2.75, 3.05) is 13.7 Å². The molecule has 0 aliphatic rings. The molecule has 0 heterocycles. The Morgan fingerprint density at radius 3 is 2.43 bits per heavy atom. The van der Waals surface area contributed by atoms with Gasteiger partial charge in [-0.05, 0) is 30.2 Å². The third kappa shape index (κ3) is 6.46. The summed E-state index contributed by atoms with van der Waals surface area (Å²) >= 11 is 0. The van der Waals surface area contributed by atoms with Crippen LogP contribution in [0.3, 0.4) is 0 Å². The van der Waals surface area contributed by atoms with Crippen LogP contribution in [0.4, 0.5) is 0 Å². The number of methoxy groups -OCH3 is 1. The zero-order valence-electron chi connectivity index (χ0n) is 13.5. The summed E-state index contributed by atoms with van der Waals surface area (Å²) in [5.74, 6) is -0.0507. The average Bonchev–Trinajstić information content (AvgIpc) is 2.56. The van der Waals surface area contributed by atoms with Gasteiger partial charge in [0.05, 0.1) is 20.1 Å². The fourth-order valence-corrected chi connectivity index (χ4v) is 2.19. The summed E-state index contributed by atoms with van der Waals surface area (Å²) in [4.78, 5) is 33.5. The van der Waals surface area contributed by atoms with E-state index in [1.165, 1.54) is 0 Å². The Morgan fingerprint density at radius 1 is 1.22 bits per heavy atom. The summed E-state index contributed by atoms with van der Waals surface area (Å²) in [6.07, 6.45) is 3.76. The molecule has 124 valence electrons. The van der Waals surface area contributed by atoms with E-state index < -0.39 is 11.9 Å². The Morgan fingerprint density at radius 2 is 1.91 bits per heavy atom. The van der Waals surface area contributed by atoms with Crippen LogP contribution in [-0.2, 0) is 25.5 Å². The quantitative estimate of drug-likeness (QED) is 0.377. The average molecular weight is 318 g/mol. The number of rotatable bonds is 10. The number of hydrogen-bond donors (Lipinski definition) is 0. The Balaban J connectivity index is 2.45. The number of hydrogen-bond acceptors (Lipinski definition) is 5. The molecule has 0 aromatic heterocycles. The maximum Gasteiger partial charge on any atom is 0.306 e. The highest BCUT2D eigenvalue weighted by Gasteiger charge is 2.18. The monoisotopic (exact) mass is 318 g/mol. The van der Waals surface area contributed by atoms with Crippen molar-refractivity contribution in [3.63, 3.8) is 0 Å². The number of aldehydes is 2. The zero-order valence-corrected chi connectivity index (χ0v) is 13.5. The van der Waals surface area contributed by atoms with E-state index in [0.717, 1.165) is 11.3 Å². The van der Waals surface area contributed by atoms with E-state index in [0.29, 0.717) is 24.6 Å². The molecule has 0 N–H and O–H groups in total. The van der Waals surface area contributed by atoms with E-state index in [1.807, 2.05) is 24.3 Å². The molecule has 0 aliphatic heterocycles. The number of esters is 1. The van der Waals surface area contributed by atoms with Crippen LogP contribution in [0.2, 0.25) is 0 Å². The van der Waals surface area contributed by atoms with Crippen molar-refractivity contribution in [3.8, 4) is 5.75 Å². The van der Waals surface area contributed by atoms with Crippen LogP contribution in [0.5, 0.6) is 5.75 Å². The van der Waals surface area contributed by atoms with Gasteiger partial charge in [0, 0.05) is 18.8 Å². The van der Waals surface area contributed by atoms with Crippen LogP contribution < -0.4 is 4.74 Å². The first-order valence-electron chi connectivity index (χ1n) is 7.48. The maximum absolute atomic E-state index is 11.9. The third-order valence-corrected chi connectivity index (χ3v) is 3.55.